The Kier molecular flexibility index (Phi) is 3.54. The Bertz CT molecular complexity index is 499. The zero-order chi connectivity index (χ0) is 15.1. The summed E-state index contributed by atoms with van der Waals surface area (Å²) >= 11 is 0. The molecule has 0 aromatic carbocycles. The molecule has 20 heavy (non-hydrogen) atoms. The first-order valence-electron chi connectivity index (χ1n) is 6.99. The van der Waals surface area contributed by atoms with Crippen LogP contribution < -0.4 is 21.7 Å². The van der Waals surface area contributed by atoms with Crippen LogP contribution in [0.3, 0.4) is 0 Å². The van der Waals surface area contributed by atoms with Gasteiger partial charge in [-0.05, 0) is 25.8 Å². The molecule has 1 fully saturated rings. The van der Waals surface area contributed by atoms with Crippen LogP contribution in [0, 0.1) is 5.41 Å². The van der Waals surface area contributed by atoms with Crippen molar-refractivity contribution in [2.24, 2.45) is 5.41 Å². The molecule has 5 N–H and O–H groups in total. The number of nitrogens with zero attached hydrogens (tertiary/aromatic N) is 3. The summed E-state index contributed by atoms with van der Waals surface area (Å²) in [6.45, 7) is 10.5. The van der Waals surface area contributed by atoms with Gasteiger partial charge in [0.2, 0.25) is 5.95 Å². The van der Waals surface area contributed by atoms with Crippen molar-refractivity contribution >= 4 is 17.6 Å². The van der Waals surface area contributed by atoms with Gasteiger partial charge in [0.05, 0.1) is 5.54 Å². The van der Waals surface area contributed by atoms with Gasteiger partial charge in [-0.3, -0.25) is 0 Å². The number of hydrogen-bond donors (Lipinski definition) is 3. The van der Waals surface area contributed by atoms with Crippen molar-refractivity contribution < 1.29 is 0 Å². The quantitative estimate of drug-likeness (QED) is 0.764. The lowest BCUT2D eigenvalue weighted by atomic mass is 9.86. The molecule has 112 valence electrons. The molecule has 0 saturated carbocycles. The largest absolute Gasteiger partial charge is 0.383 e. The molecule has 2 rings (SSSR count). The average molecular weight is 278 g/mol. The fraction of sp³-hybridized carbons (Fsp3) is 0.714. The number of nitrogens with two attached hydrogens (primary N) is 2. The zero-order valence-electron chi connectivity index (χ0n) is 13.1. The summed E-state index contributed by atoms with van der Waals surface area (Å²) in [5.74, 6) is 1.63. The fourth-order valence-corrected chi connectivity index (χ4v) is 2.57. The molecule has 6 heteroatoms. The predicted octanol–water partition coefficient (Wildman–Crippen LogP) is 1.03. The summed E-state index contributed by atoms with van der Waals surface area (Å²) in [6.07, 6.45) is 0.835. The van der Waals surface area contributed by atoms with E-state index < -0.39 is 0 Å². The highest BCUT2D eigenvalue weighted by Crippen LogP contribution is 2.34. The maximum Gasteiger partial charge on any atom is 0.223 e. The molecule has 0 spiro atoms. The fourth-order valence-electron chi connectivity index (χ4n) is 2.57. The molecule has 0 radical (unpaired) electrons. The molecule has 0 amide bonds. The van der Waals surface area contributed by atoms with Crippen molar-refractivity contribution in [3.63, 3.8) is 0 Å². The summed E-state index contributed by atoms with van der Waals surface area (Å²) in [5, 5.41) is 3.33. The minimum Gasteiger partial charge on any atom is -0.383 e. The lowest BCUT2D eigenvalue weighted by molar-refractivity contribution is 0.300. The third kappa shape index (κ3) is 2.95. The maximum atomic E-state index is 6.07. The first kappa shape index (κ1) is 14.8. The Morgan fingerprint density at radius 2 is 1.85 bits per heavy atom. The van der Waals surface area contributed by atoms with Gasteiger partial charge in [0.15, 0.2) is 0 Å². The molecule has 1 aliphatic heterocycles. The number of rotatable bonds is 3. The van der Waals surface area contributed by atoms with E-state index >= 15 is 0 Å². The monoisotopic (exact) mass is 278 g/mol. The Morgan fingerprint density at radius 1 is 1.25 bits per heavy atom. The number of anilines is 3. The van der Waals surface area contributed by atoms with Gasteiger partial charge in [-0.1, -0.05) is 20.8 Å². The molecule has 0 unspecified atom stereocenters. The van der Waals surface area contributed by atoms with Crippen LogP contribution in [0.2, 0.25) is 0 Å². The van der Waals surface area contributed by atoms with Gasteiger partial charge in [-0.15, -0.1) is 0 Å². The highest BCUT2D eigenvalue weighted by atomic mass is 15.3. The van der Waals surface area contributed by atoms with Crippen LogP contribution in [-0.2, 0) is 6.42 Å². The summed E-state index contributed by atoms with van der Waals surface area (Å²) in [5.41, 5.74) is 13.1. The minimum atomic E-state index is 0.125. The van der Waals surface area contributed by atoms with Crippen LogP contribution in [0.25, 0.3) is 0 Å². The lowest BCUT2D eigenvalue weighted by Gasteiger charge is -2.49. The molecular weight excluding hydrogens is 252 g/mol. The highest BCUT2D eigenvalue weighted by Gasteiger charge is 2.39. The van der Waals surface area contributed by atoms with E-state index in [4.69, 9.17) is 11.5 Å². The standard InChI is InChI=1S/C14H26N6/c1-13(2,3)6-9-10(15)18-12(16)19-11(9)20-7-14(4,8-20)17-5/h17H,6-8H2,1-5H3,(H4,15,16,18,19). The van der Waals surface area contributed by atoms with E-state index in [2.05, 4.69) is 47.9 Å². The van der Waals surface area contributed by atoms with Gasteiger partial charge in [0, 0.05) is 18.7 Å². The summed E-state index contributed by atoms with van der Waals surface area (Å²) in [4.78, 5) is 10.8. The van der Waals surface area contributed by atoms with Crippen LogP contribution in [0.15, 0.2) is 0 Å². The second-order valence-electron chi connectivity index (χ2n) is 7.17. The average Bonchev–Trinajstić information content (AvgIpc) is 2.27. The Morgan fingerprint density at radius 3 is 2.35 bits per heavy atom. The maximum absolute atomic E-state index is 6.07. The minimum absolute atomic E-state index is 0.125. The molecule has 1 aliphatic rings. The van der Waals surface area contributed by atoms with Crippen molar-refractivity contribution in [3.8, 4) is 0 Å². The summed E-state index contributed by atoms with van der Waals surface area (Å²) in [6, 6.07) is 0. The second kappa shape index (κ2) is 4.77. The van der Waals surface area contributed by atoms with Gasteiger partial charge >= 0.3 is 0 Å². The molecule has 1 saturated heterocycles. The smallest absolute Gasteiger partial charge is 0.223 e. The van der Waals surface area contributed by atoms with Crippen LogP contribution >= 0.6 is 0 Å². The number of likely N-dealkylation sites (N-methyl/N-ethyl adjacent to an activating group) is 1. The normalized spacial score (nSPS) is 17.9. The molecule has 6 nitrogen and oxygen atoms in total. The van der Waals surface area contributed by atoms with Crippen molar-refractivity contribution in [3.05, 3.63) is 5.56 Å². The van der Waals surface area contributed by atoms with Crippen molar-refractivity contribution in [2.45, 2.75) is 39.7 Å². The van der Waals surface area contributed by atoms with Crippen molar-refractivity contribution in [1.82, 2.24) is 15.3 Å². The molecule has 1 aromatic heterocycles. The number of hydrogen-bond acceptors (Lipinski definition) is 6. The Balaban J connectivity index is 2.32. The van der Waals surface area contributed by atoms with Gasteiger partial charge in [-0.2, -0.15) is 9.97 Å². The van der Waals surface area contributed by atoms with Crippen molar-refractivity contribution in [2.75, 3.05) is 36.5 Å². The molecule has 0 aliphatic carbocycles. The third-order valence-corrected chi connectivity index (χ3v) is 3.72. The SMILES string of the molecule is CNC1(C)CN(c2nc(N)nc(N)c2CC(C)(C)C)C1. The van der Waals surface area contributed by atoms with Gasteiger partial charge in [0.1, 0.15) is 11.6 Å². The molecular formula is C14H26N6. The summed E-state index contributed by atoms with van der Waals surface area (Å²) < 4.78 is 0. The van der Waals surface area contributed by atoms with E-state index in [0.29, 0.717) is 5.82 Å². The van der Waals surface area contributed by atoms with Crippen LogP contribution in [-0.4, -0.2) is 35.6 Å². The lowest BCUT2D eigenvalue weighted by Crippen LogP contribution is -2.67. The third-order valence-electron chi connectivity index (χ3n) is 3.72. The van der Waals surface area contributed by atoms with E-state index in [-0.39, 0.29) is 16.9 Å². The van der Waals surface area contributed by atoms with E-state index in [1.807, 2.05) is 7.05 Å². The molecule has 0 atom stereocenters. The first-order chi connectivity index (χ1) is 9.13. The molecule has 1 aromatic rings. The molecule has 2 heterocycles. The van der Waals surface area contributed by atoms with E-state index in [9.17, 15) is 0 Å². The number of nitrogens with one attached hydrogen (secondary N) is 1. The number of nitrogen functional groups attached to an aromatic ring is 2. The second-order valence-corrected chi connectivity index (χ2v) is 7.17. The first-order valence-corrected chi connectivity index (χ1v) is 6.99. The Labute approximate surface area is 121 Å². The Hall–Kier alpha value is -1.56. The number of aromatic nitrogens is 2. The topological polar surface area (TPSA) is 93.1 Å². The molecule has 0 bridgehead atoms. The van der Waals surface area contributed by atoms with Gasteiger partial charge in [0.25, 0.3) is 0 Å². The summed E-state index contributed by atoms with van der Waals surface area (Å²) in [7, 11) is 1.98. The zero-order valence-corrected chi connectivity index (χ0v) is 13.1. The highest BCUT2D eigenvalue weighted by molar-refractivity contribution is 5.62. The van der Waals surface area contributed by atoms with Crippen LogP contribution in [0.1, 0.15) is 33.3 Å². The van der Waals surface area contributed by atoms with Gasteiger partial charge < -0.3 is 21.7 Å². The van der Waals surface area contributed by atoms with Crippen LogP contribution in [0.4, 0.5) is 17.6 Å². The van der Waals surface area contributed by atoms with Gasteiger partial charge in [-0.25, -0.2) is 0 Å². The predicted molar refractivity (Wildman–Crippen MR) is 83.7 cm³/mol. The van der Waals surface area contributed by atoms with Crippen LogP contribution in [0.5, 0.6) is 0 Å². The van der Waals surface area contributed by atoms with E-state index in [1.165, 1.54) is 0 Å². The van der Waals surface area contributed by atoms with Crippen molar-refractivity contribution in [1.29, 1.82) is 0 Å². The van der Waals surface area contributed by atoms with E-state index in [1.54, 1.807) is 0 Å². The van der Waals surface area contributed by atoms with E-state index in [0.717, 1.165) is 30.9 Å².